The molecule has 1 atom stereocenters. The van der Waals surface area contributed by atoms with Crippen LogP contribution in [0.5, 0.6) is 0 Å². The summed E-state index contributed by atoms with van der Waals surface area (Å²) in [5.41, 5.74) is 0. The quantitative estimate of drug-likeness (QED) is 0.609. The van der Waals surface area contributed by atoms with E-state index in [9.17, 15) is 9.59 Å². The Labute approximate surface area is 64.7 Å². The lowest BCUT2D eigenvalue weighted by Crippen LogP contribution is -2.33. The Bertz CT molecular complexity index is 145. The number of halogens is 1. The molecule has 0 fully saturated rings. The first-order valence-electron chi connectivity index (χ1n) is 2.95. The van der Waals surface area contributed by atoms with Crippen LogP contribution in [-0.2, 0) is 9.59 Å². The molecule has 10 heavy (non-hydrogen) atoms. The first kappa shape index (κ1) is 9.43. The van der Waals surface area contributed by atoms with Gasteiger partial charge in [0.15, 0.2) is 0 Å². The van der Waals surface area contributed by atoms with Gasteiger partial charge in [0.2, 0.25) is 5.91 Å². The maximum absolute atomic E-state index is 10.7. The van der Waals surface area contributed by atoms with Crippen LogP contribution in [0.25, 0.3) is 0 Å². The maximum Gasteiger partial charge on any atom is 0.238 e. The van der Waals surface area contributed by atoms with Gasteiger partial charge in [0.1, 0.15) is 11.2 Å². The lowest BCUT2D eigenvalue weighted by atomic mass is 10.4. The number of nitrogens with one attached hydrogen (secondary N) is 1. The highest BCUT2D eigenvalue weighted by molar-refractivity contribution is 6.30. The molecule has 0 saturated carbocycles. The largest absolute Gasteiger partial charge is 0.348 e. The van der Waals surface area contributed by atoms with Gasteiger partial charge in [0, 0.05) is 0 Å². The van der Waals surface area contributed by atoms with E-state index in [-0.39, 0.29) is 18.2 Å². The monoisotopic (exact) mass is 163 g/mol. The Morgan fingerprint density at radius 1 is 1.60 bits per heavy atom. The zero-order chi connectivity index (χ0) is 8.15. The molecule has 0 aliphatic heterocycles. The molecule has 0 heterocycles. The third-order valence-corrected chi connectivity index (χ3v) is 1.07. The topological polar surface area (TPSA) is 46.2 Å². The summed E-state index contributed by atoms with van der Waals surface area (Å²) < 4.78 is 0. The first-order valence-corrected chi connectivity index (χ1v) is 3.39. The molecule has 1 N–H and O–H groups in total. The smallest absolute Gasteiger partial charge is 0.238 e. The lowest BCUT2D eigenvalue weighted by molar-refractivity contribution is -0.123. The van der Waals surface area contributed by atoms with E-state index in [1.54, 1.807) is 6.92 Å². The molecule has 0 aromatic rings. The van der Waals surface area contributed by atoms with Crippen LogP contribution < -0.4 is 5.32 Å². The first-order chi connectivity index (χ1) is 4.54. The third kappa shape index (κ3) is 4.32. The second-order valence-electron chi connectivity index (χ2n) is 2.04. The number of hydrogen-bond donors (Lipinski definition) is 1. The fraction of sp³-hybridized carbons (Fsp3) is 0.667. The van der Waals surface area contributed by atoms with Crippen molar-refractivity contribution in [1.82, 2.24) is 5.32 Å². The van der Waals surface area contributed by atoms with E-state index >= 15 is 0 Å². The molecule has 1 unspecified atom stereocenters. The average molecular weight is 164 g/mol. The summed E-state index contributed by atoms with van der Waals surface area (Å²) in [5.74, 6) is -0.387. The predicted molar refractivity (Wildman–Crippen MR) is 39.0 cm³/mol. The van der Waals surface area contributed by atoms with Crippen molar-refractivity contribution < 1.29 is 9.59 Å². The molecule has 0 bridgehead atoms. The number of ketones is 1. The highest BCUT2D eigenvalue weighted by atomic mass is 35.5. The van der Waals surface area contributed by atoms with Gasteiger partial charge in [-0.15, -0.1) is 11.6 Å². The summed E-state index contributed by atoms with van der Waals surface area (Å²) in [6, 6.07) is 0. The van der Waals surface area contributed by atoms with Crippen molar-refractivity contribution in [2.24, 2.45) is 0 Å². The van der Waals surface area contributed by atoms with Crippen LogP contribution in [0.3, 0.4) is 0 Å². The van der Waals surface area contributed by atoms with Crippen molar-refractivity contribution in [3.63, 3.8) is 0 Å². The van der Waals surface area contributed by atoms with Crippen molar-refractivity contribution in [3.05, 3.63) is 0 Å². The number of Topliss-reactive ketones (excluding diaryl/α,β-unsaturated/α-hetero) is 1. The second kappa shape index (κ2) is 4.28. The number of carbonyl (C=O) groups excluding carboxylic acids is 2. The van der Waals surface area contributed by atoms with Crippen LogP contribution in [0.1, 0.15) is 13.8 Å². The third-order valence-electron chi connectivity index (χ3n) is 0.873. The molecule has 4 heteroatoms. The SMILES string of the molecule is CC(=O)CNC(=O)C(C)Cl. The Morgan fingerprint density at radius 3 is 2.40 bits per heavy atom. The van der Waals surface area contributed by atoms with Crippen LogP contribution in [0.15, 0.2) is 0 Å². The van der Waals surface area contributed by atoms with Gasteiger partial charge in [-0.3, -0.25) is 9.59 Å². The fourth-order valence-corrected chi connectivity index (χ4v) is 0.429. The molecule has 3 nitrogen and oxygen atoms in total. The Kier molecular flexibility index (Phi) is 4.03. The number of carbonyl (C=O) groups is 2. The minimum atomic E-state index is -0.570. The Morgan fingerprint density at radius 2 is 2.10 bits per heavy atom. The summed E-state index contributed by atoms with van der Waals surface area (Å²) >= 11 is 5.39. The zero-order valence-corrected chi connectivity index (χ0v) is 6.73. The van der Waals surface area contributed by atoms with Gasteiger partial charge in [-0.05, 0) is 13.8 Å². The fourth-order valence-electron chi connectivity index (χ4n) is 0.352. The van der Waals surface area contributed by atoms with Crippen molar-refractivity contribution in [2.45, 2.75) is 19.2 Å². The van der Waals surface area contributed by atoms with E-state index < -0.39 is 5.38 Å². The zero-order valence-electron chi connectivity index (χ0n) is 5.98. The predicted octanol–water partition coefficient (Wildman–Crippen LogP) is 0.319. The highest BCUT2D eigenvalue weighted by Gasteiger charge is 2.07. The van der Waals surface area contributed by atoms with Gasteiger partial charge >= 0.3 is 0 Å². The van der Waals surface area contributed by atoms with E-state index in [1.807, 2.05) is 0 Å². The van der Waals surface area contributed by atoms with Gasteiger partial charge in [0.25, 0.3) is 0 Å². The van der Waals surface area contributed by atoms with E-state index in [0.29, 0.717) is 0 Å². The van der Waals surface area contributed by atoms with Crippen LogP contribution in [-0.4, -0.2) is 23.6 Å². The molecule has 1 amide bonds. The maximum atomic E-state index is 10.7. The minimum Gasteiger partial charge on any atom is -0.348 e. The van der Waals surface area contributed by atoms with Gasteiger partial charge in [-0.25, -0.2) is 0 Å². The van der Waals surface area contributed by atoms with Crippen LogP contribution >= 0.6 is 11.6 Å². The van der Waals surface area contributed by atoms with Crippen molar-refractivity contribution >= 4 is 23.3 Å². The standard InChI is InChI=1S/C6H10ClNO2/c1-4(9)3-8-6(10)5(2)7/h5H,3H2,1-2H3,(H,8,10). The Hall–Kier alpha value is -0.570. The van der Waals surface area contributed by atoms with E-state index in [1.165, 1.54) is 6.92 Å². The average Bonchev–Trinajstić information content (AvgIpc) is 1.82. The summed E-state index contributed by atoms with van der Waals surface area (Å²) in [4.78, 5) is 21.0. The molecular weight excluding hydrogens is 154 g/mol. The van der Waals surface area contributed by atoms with Gasteiger partial charge < -0.3 is 5.32 Å². The van der Waals surface area contributed by atoms with E-state index in [2.05, 4.69) is 5.32 Å². The molecule has 0 aliphatic rings. The second-order valence-corrected chi connectivity index (χ2v) is 2.69. The van der Waals surface area contributed by atoms with E-state index in [0.717, 1.165) is 0 Å². The van der Waals surface area contributed by atoms with Crippen LogP contribution in [0, 0.1) is 0 Å². The number of alkyl halides is 1. The molecule has 0 aromatic carbocycles. The summed E-state index contributed by atoms with van der Waals surface area (Å²) in [6.45, 7) is 3.02. The van der Waals surface area contributed by atoms with Crippen LogP contribution in [0.4, 0.5) is 0 Å². The van der Waals surface area contributed by atoms with E-state index in [4.69, 9.17) is 11.6 Å². The van der Waals surface area contributed by atoms with Crippen LogP contribution in [0.2, 0.25) is 0 Å². The number of amides is 1. The molecule has 0 rings (SSSR count). The molecule has 0 spiro atoms. The molecule has 0 aliphatic carbocycles. The molecule has 0 radical (unpaired) electrons. The van der Waals surface area contributed by atoms with Crippen molar-refractivity contribution in [2.75, 3.05) is 6.54 Å². The van der Waals surface area contributed by atoms with Crippen molar-refractivity contribution in [1.29, 1.82) is 0 Å². The summed E-state index contributed by atoms with van der Waals surface area (Å²) in [6.07, 6.45) is 0. The normalized spacial score (nSPS) is 12.3. The number of hydrogen-bond acceptors (Lipinski definition) is 2. The molecule has 0 saturated heterocycles. The summed E-state index contributed by atoms with van der Waals surface area (Å²) in [7, 11) is 0. The van der Waals surface area contributed by atoms with Crippen molar-refractivity contribution in [3.8, 4) is 0 Å². The summed E-state index contributed by atoms with van der Waals surface area (Å²) in [5, 5.41) is 1.79. The molecule has 58 valence electrons. The van der Waals surface area contributed by atoms with Gasteiger partial charge in [0.05, 0.1) is 6.54 Å². The van der Waals surface area contributed by atoms with Gasteiger partial charge in [-0.2, -0.15) is 0 Å². The highest BCUT2D eigenvalue weighted by Crippen LogP contribution is 1.91. The van der Waals surface area contributed by atoms with Gasteiger partial charge in [-0.1, -0.05) is 0 Å². The number of rotatable bonds is 3. The molecular formula is C6H10ClNO2. The Balaban J connectivity index is 3.50. The molecule has 0 aromatic heterocycles. The minimum absolute atomic E-state index is 0.0654. The lowest BCUT2D eigenvalue weighted by Gasteiger charge is -2.02.